The van der Waals surface area contributed by atoms with Crippen LogP contribution >= 0.6 is 0 Å². The van der Waals surface area contributed by atoms with Crippen LogP contribution in [0, 0.1) is 11.8 Å². The summed E-state index contributed by atoms with van der Waals surface area (Å²) < 4.78 is 0. The van der Waals surface area contributed by atoms with Gasteiger partial charge in [-0.2, -0.15) is 5.21 Å². The first-order valence-corrected chi connectivity index (χ1v) is 13.7. The Morgan fingerprint density at radius 3 is 2.43 bits per heavy atom. The van der Waals surface area contributed by atoms with Crippen LogP contribution in [0.2, 0.25) is 0 Å². The highest BCUT2D eigenvalue weighted by Crippen LogP contribution is 2.34. The van der Waals surface area contributed by atoms with Gasteiger partial charge < -0.3 is 9.80 Å². The number of tetrazole rings is 1. The summed E-state index contributed by atoms with van der Waals surface area (Å²) in [7, 11) is 0. The number of rotatable bonds is 10. The minimum Gasteiger partial charge on any atom is -0.351 e. The Morgan fingerprint density at radius 2 is 1.76 bits per heavy atom. The summed E-state index contributed by atoms with van der Waals surface area (Å²) in [5.41, 5.74) is 6.52. The number of nitrogens with one attached hydrogen (secondary N) is 1. The summed E-state index contributed by atoms with van der Waals surface area (Å²) in [4.78, 5) is 17.1. The second kappa shape index (κ2) is 11.7. The maximum absolute atomic E-state index is 12.3. The highest BCUT2D eigenvalue weighted by Gasteiger charge is 2.30. The molecule has 5 rings (SSSR count). The van der Waals surface area contributed by atoms with E-state index in [1.54, 1.807) is 0 Å². The van der Waals surface area contributed by atoms with E-state index in [9.17, 15) is 4.79 Å². The fraction of sp³-hybridized carbons (Fsp3) is 0.467. The summed E-state index contributed by atoms with van der Waals surface area (Å²) >= 11 is 0. The maximum Gasteiger partial charge on any atom is 0.205 e. The molecule has 1 aliphatic heterocycles. The van der Waals surface area contributed by atoms with Crippen LogP contribution in [-0.4, -0.2) is 49.9 Å². The van der Waals surface area contributed by atoms with Crippen LogP contribution in [-0.2, 0) is 11.3 Å². The van der Waals surface area contributed by atoms with Crippen LogP contribution < -0.4 is 0 Å². The lowest BCUT2D eigenvalue weighted by molar-refractivity contribution is -0.106. The fourth-order valence-corrected chi connectivity index (χ4v) is 5.76. The zero-order valence-corrected chi connectivity index (χ0v) is 22.1. The Hall–Kier alpha value is -3.48. The smallest absolute Gasteiger partial charge is 0.205 e. The van der Waals surface area contributed by atoms with Gasteiger partial charge in [-0.15, -0.1) is 10.2 Å². The molecule has 1 N–H and O–H groups in total. The first kappa shape index (κ1) is 25.2. The van der Waals surface area contributed by atoms with Crippen LogP contribution in [0.5, 0.6) is 0 Å². The van der Waals surface area contributed by atoms with Crippen LogP contribution in [0.25, 0.3) is 22.5 Å². The second-order valence-electron chi connectivity index (χ2n) is 10.9. The summed E-state index contributed by atoms with van der Waals surface area (Å²) in [5.74, 6) is 1.90. The van der Waals surface area contributed by atoms with Gasteiger partial charge >= 0.3 is 0 Å². The molecule has 0 bridgehead atoms. The van der Waals surface area contributed by atoms with E-state index in [4.69, 9.17) is 0 Å². The lowest BCUT2D eigenvalue weighted by Crippen LogP contribution is -2.32. The molecule has 0 unspecified atom stereocenters. The van der Waals surface area contributed by atoms with Gasteiger partial charge in [0.2, 0.25) is 5.82 Å². The minimum absolute atomic E-state index is 0.594. The van der Waals surface area contributed by atoms with Crippen molar-refractivity contribution in [3.05, 3.63) is 65.5 Å². The summed E-state index contributed by atoms with van der Waals surface area (Å²) in [6.45, 7) is 7.12. The van der Waals surface area contributed by atoms with Crippen molar-refractivity contribution >= 4 is 6.29 Å². The monoisotopic (exact) mass is 498 g/mol. The van der Waals surface area contributed by atoms with Gasteiger partial charge in [-0.05, 0) is 59.4 Å². The average molecular weight is 499 g/mol. The van der Waals surface area contributed by atoms with Crippen molar-refractivity contribution in [2.75, 3.05) is 13.2 Å². The minimum atomic E-state index is 0.594. The normalized spacial score (nSPS) is 16.7. The molecule has 1 fully saturated rings. The molecule has 1 aromatic heterocycles. The predicted molar refractivity (Wildman–Crippen MR) is 146 cm³/mol. The Morgan fingerprint density at radius 1 is 1.00 bits per heavy atom. The molecule has 2 aromatic carbocycles. The molecule has 2 heterocycles. The van der Waals surface area contributed by atoms with E-state index in [1.165, 1.54) is 43.4 Å². The molecule has 7 nitrogen and oxygen atoms in total. The van der Waals surface area contributed by atoms with Crippen molar-refractivity contribution in [2.45, 2.75) is 65.3 Å². The van der Waals surface area contributed by atoms with E-state index >= 15 is 0 Å². The number of aldehydes is 1. The van der Waals surface area contributed by atoms with Gasteiger partial charge in [0.1, 0.15) is 0 Å². The second-order valence-corrected chi connectivity index (χ2v) is 10.9. The summed E-state index contributed by atoms with van der Waals surface area (Å²) in [6, 6.07) is 16.9. The quantitative estimate of drug-likeness (QED) is 0.344. The molecular weight excluding hydrogens is 460 g/mol. The summed E-state index contributed by atoms with van der Waals surface area (Å²) in [5, 5.41) is 14.6. The molecule has 194 valence electrons. The van der Waals surface area contributed by atoms with E-state index in [0.717, 1.165) is 61.3 Å². The molecule has 7 heteroatoms. The van der Waals surface area contributed by atoms with E-state index in [-0.39, 0.29) is 0 Å². The molecule has 1 aliphatic carbocycles. The number of aromatic amines is 1. The highest BCUT2D eigenvalue weighted by atomic mass is 16.1. The molecule has 3 aromatic rings. The Balaban J connectivity index is 1.34. The van der Waals surface area contributed by atoms with Crippen LogP contribution in [0.1, 0.15) is 64.4 Å². The van der Waals surface area contributed by atoms with Crippen molar-refractivity contribution < 1.29 is 4.79 Å². The lowest BCUT2D eigenvalue weighted by atomic mass is 9.89. The van der Waals surface area contributed by atoms with Crippen molar-refractivity contribution in [2.24, 2.45) is 11.8 Å². The Labute approximate surface area is 220 Å². The number of allylic oxidation sites excluding steroid dienone is 2. The molecular formula is C30H38N6O. The molecule has 0 radical (unpaired) electrons. The van der Waals surface area contributed by atoms with Crippen molar-refractivity contribution in [1.82, 2.24) is 30.4 Å². The molecule has 2 aliphatic rings. The number of carbonyl (C=O) groups is 1. The van der Waals surface area contributed by atoms with Gasteiger partial charge in [0.05, 0.1) is 12.4 Å². The van der Waals surface area contributed by atoms with E-state index in [0.29, 0.717) is 17.7 Å². The van der Waals surface area contributed by atoms with Gasteiger partial charge in [-0.1, -0.05) is 81.6 Å². The van der Waals surface area contributed by atoms with Crippen molar-refractivity contribution in [3.63, 3.8) is 0 Å². The third kappa shape index (κ3) is 5.92. The van der Waals surface area contributed by atoms with Crippen molar-refractivity contribution in [1.29, 1.82) is 0 Å². The van der Waals surface area contributed by atoms with Crippen molar-refractivity contribution in [3.8, 4) is 22.5 Å². The van der Waals surface area contributed by atoms with Gasteiger partial charge in [0.15, 0.2) is 6.29 Å². The molecule has 0 saturated heterocycles. The SMILES string of the molecule is CC(C)CCC1=C(C=O)N(CC2CCCCC2)CN1Cc1ccc(-c2ccccc2-c2nn[nH]n2)cc1. The number of nitrogens with zero attached hydrogens (tertiary/aromatic N) is 5. The number of hydrogen-bond donors (Lipinski definition) is 1. The number of aromatic nitrogens is 4. The standard InChI is InChI=1S/C30H38N6O/c1-22(2)12-17-28-29(20-37)36(18-23-8-4-3-5-9-23)21-35(28)19-24-13-15-25(16-14-24)26-10-6-7-11-27(26)30-31-33-34-32-30/h6-7,10-11,13-16,20,22-23H,3-5,8-9,12,17-19,21H2,1-2H3,(H,31,32,33,34). The summed E-state index contributed by atoms with van der Waals surface area (Å²) in [6.07, 6.45) is 9.73. The van der Waals surface area contributed by atoms with Gasteiger partial charge in [0, 0.05) is 24.4 Å². The lowest BCUT2D eigenvalue weighted by Gasteiger charge is -2.29. The van der Waals surface area contributed by atoms with Crippen LogP contribution in [0.3, 0.4) is 0 Å². The maximum atomic E-state index is 12.3. The van der Waals surface area contributed by atoms with E-state index < -0.39 is 0 Å². The topological polar surface area (TPSA) is 78.0 Å². The Bertz CT molecular complexity index is 1200. The first-order chi connectivity index (χ1) is 18.1. The zero-order chi connectivity index (χ0) is 25.6. The van der Waals surface area contributed by atoms with Crippen LogP contribution in [0.4, 0.5) is 0 Å². The molecule has 1 saturated carbocycles. The van der Waals surface area contributed by atoms with E-state index in [1.807, 2.05) is 18.2 Å². The number of H-pyrrole nitrogens is 1. The fourth-order valence-electron chi connectivity index (χ4n) is 5.76. The number of benzene rings is 2. The molecule has 0 atom stereocenters. The molecule has 0 spiro atoms. The average Bonchev–Trinajstić information content (AvgIpc) is 3.57. The highest BCUT2D eigenvalue weighted by molar-refractivity contribution is 5.80. The third-order valence-electron chi connectivity index (χ3n) is 7.78. The van der Waals surface area contributed by atoms with Crippen LogP contribution in [0.15, 0.2) is 59.9 Å². The Kier molecular flexibility index (Phi) is 7.97. The predicted octanol–water partition coefficient (Wildman–Crippen LogP) is 6.04. The van der Waals surface area contributed by atoms with Gasteiger partial charge in [-0.3, -0.25) is 4.79 Å². The molecule has 0 amide bonds. The third-order valence-corrected chi connectivity index (χ3v) is 7.78. The number of carbonyl (C=O) groups excluding carboxylic acids is 1. The zero-order valence-electron chi connectivity index (χ0n) is 22.1. The number of hydrogen-bond acceptors (Lipinski definition) is 6. The largest absolute Gasteiger partial charge is 0.351 e. The van der Waals surface area contributed by atoms with Gasteiger partial charge in [0.25, 0.3) is 0 Å². The first-order valence-electron chi connectivity index (χ1n) is 13.7. The van der Waals surface area contributed by atoms with E-state index in [2.05, 4.69) is 74.6 Å². The molecule has 37 heavy (non-hydrogen) atoms. The van der Waals surface area contributed by atoms with Gasteiger partial charge in [-0.25, -0.2) is 0 Å².